The van der Waals surface area contributed by atoms with Gasteiger partial charge in [0.1, 0.15) is 0 Å². The van der Waals surface area contributed by atoms with Crippen molar-refractivity contribution in [2.75, 3.05) is 13.1 Å². The zero-order chi connectivity index (χ0) is 11.4. The number of hydrogen-bond donors (Lipinski definition) is 2. The van der Waals surface area contributed by atoms with Crippen molar-refractivity contribution in [3.05, 3.63) is 0 Å². The molecular formula is C13H25ClN2O. The Balaban J connectivity index is 0.00000144. The van der Waals surface area contributed by atoms with Crippen LogP contribution < -0.4 is 10.6 Å². The van der Waals surface area contributed by atoms with Crippen molar-refractivity contribution in [1.29, 1.82) is 0 Å². The first-order valence-corrected chi connectivity index (χ1v) is 6.77. The lowest BCUT2D eigenvalue weighted by Gasteiger charge is -2.29. The van der Waals surface area contributed by atoms with Gasteiger partial charge in [0.05, 0.1) is 5.92 Å². The Hall–Kier alpha value is -0.280. The van der Waals surface area contributed by atoms with Gasteiger partial charge in [0.15, 0.2) is 0 Å². The van der Waals surface area contributed by atoms with E-state index in [0.29, 0.717) is 6.04 Å². The third kappa shape index (κ3) is 4.47. The summed E-state index contributed by atoms with van der Waals surface area (Å²) >= 11 is 0. The Morgan fingerprint density at radius 3 is 2.47 bits per heavy atom. The molecule has 0 unspecified atom stereocenters. The van der Waals surface area contributed by atoms with Crippen molar-refractivity contribution in [1.82, 2.24) is 10.6 Å². The van der Waals surface area contributed by atoms with E-state index in [9.17, 15) is 4.79 Å². The van der Waals surface area contributed by atoms with Crippen LogP contribution in [0.1, 0.15) is 45.4 Å². The van der Waals surface area contributed by atoms with Crippen LogP contribution in [-0.4, -0.2) is 25.0 Å². The normalized spacial score (nSPS) is 33.6. The maximum atomic E-state index is 12.0. The van der Waals surface area contributed by atoms with Crippen molar-refractivity contribution in [3.8, 4) is 0 Å². The average molecular weight is 261 g/mol. The molecule has 4 heteroatoms. The third-order valence-electron chi connectivity index (χ3n) is 4.03. The number of nitrogens with one attached hydrogen (secondary N) is 2. The molecule has 1 saturated carbocycles. The van der Waals surface area contributed by atoms with E-state index in [2.05, 4.69) is 17.6 Å². The number of carbonyl (C=O) groups is 1. The summed E-state index contributed by atoms with van der Waals surface area (Å²) in [6, 6.07) is 0.450. The molecule has 1 amide bonds. The molecule has 100 valence electrons. The summed E-state index contributed by atoms with van der Waals surface area (Å²) in [7, 11) is 0. The zero-order valence-corrected chi connectivity index (χ0v) is 11.5. The van der Waals surface area contributed by atoms with Crippen LogP contribution in [0.15, 0.2) is 0 Å². The van der Waals surface area contributed by atoms with Crippen molar-refractivity contribution in [3.63, 3.8) is 0 Å². The van der Waals surface area contributed by atoms with Gasteiger partial charge in [-0.25, -0.2) is 0 Å². The van der Waals surface area contributed by atoms with Crippen LogP contribution in [0.3, 0.4) is 0 Å². The second kappa shape index (κ2) is 7.22. The van der Waals surface area contributed by atoms with E-state index < -0.39 is 0 Å². The Morgan fingerprint density at radius 2 is 1.88 bits per heavy atom. The van der Waals surface area contributed by atoms with Gasteiger partial charge in [0.25, 0.3) is 0 Å². The summed E-state index contributed by atoms with van der Waals surface area (Å²) in [5.74, 6) is 1.35. The number of carbonyl (C=O) groups excluding carboxylic acids is 1. The zero-order valence-electron chi connectivity index (χ0n) is 10.7. The molecule has 3 nitrogen and oxygen atoms in total. The van der Waals surface area contributed by atoms with E-state index in [0.717, 1.165) is 31.8 Å². The van der Waals surface area contributed by atoms with Gasteiger partial charge in [-0.2, -0.15) is 0 Å². The van der Waals surface area contributed by atoms with Gasteiger partial charge in [-0.05, 0) is 51.0 Å². The molecule has 1 aliphatic carbocycles. The lowest BCUT2D eigenvalue weighted by molar-refractivity contribution is -0.126. The number of hydrogen-bond acceptors (Lipinski definition) is 2. The molecule has 0 bridgehead atoms. The van der Waals surface area contributed by atoms with Crippen LogP contribution in [0.2, 0.25) is 0 Å². The summed E-state index contributed by atoms with van der Waals surface area (Å²) in [5, 5.41) is 6.53. The monoisotopic (exact) mass is 260 g/mol. The lowest BCUT2D eigenvalue weighted by atomic mass is 9.87. The number of halogens is 1. The molecular weight excluding hydrogens is 236 g/mol. The predicted octanol–water partition coefficient (Wildman–Crippen LogP) is 2.10. The van der Waals surface area contributed by atoms with Crippen LogP contribution in [0.4, 0.5) is 0 Å². The van der Waals surface area contributed by atoms with E-state index in [-0.39, 0.29) is 24.2 Å². The minimum Gasteiger partial charge on any atom is -0.353 e. The molecule has 2 aliphatic rings. The Morgan fingerprint density at radius 1 is 1.18 bits per heavy atom. The Kier molecular flexibility index (Phi) is 6.28. The largest absolute Gasteiger partial charge is 0.353 e. The fraction of sp³-hybridized carbons (Fsp3) is 0.923. The molecule has 1 aliphatic heterocycles. The van der Waals surface area contributed by atoms with Crippen LogP contribution in [-0.2, 0) is 4.79 Å². The molecule has 2 N–H and O–H groups in total. The third-order valence-corrected chi connectivity index (χ3v) is 4.03. The molecule has 1 heterocycles. The molecule has 0 spiro atoms. The Labute approximate surface area is 111 Å². The topological polar surface area (TPSA) is 41.1 Å². The van der Waals surface area contributed by atoms with Crippen molar-refractivity contribution < 1.29 is 4.79 Å². The first-order chi connectivity index (χ1) is 7.75. The number of piperidine rings is 1. The van der Waals surface area contributed by atoms with Gasteiger partial charge in [-0.3, -0.25) is 4.79 Å². The van der Waals surface area contributed by atoms with Gasteiger partial charge in [-0.1, -0.05) is 6.92 Å². The van der Waals surface area contributed by atoms with Crippen LogP contribution in [0.5, 0.6) is 0 Å². The van der Waals surface area contributed by atoms with E-state index in [4.69, 9.17) is 0 Å². The molecule has 17 heavy (non-hydrogen) atoms. The van der Waals surface area contributed by atoms with E-state index in [1.807, 2.05) is 0 Å². The standard InChI is InChI=1S/C13H24N2O.ClH/c1-10-4-6-12(7-5-10)15-13(16)11-3-2-8-14-9-11;/h10-12,14H,2-9H2,1H3,(H,15,16);1H/t10?,11-,12?;/m1./s1. The summed E-state index contributed by atoms with van der Waals surface area (Å²) in [6.45, 7) is 4.25. The second-order valence-corrected chi connectivity index (χ2v) is 5.51. The minimum atomic E-state index is 0. The molecule has 2 rings (SSSR count). The van der Waals surface area contributed by atoms with Gasteiger partial charge in [-0.15, -0.1) is 12.4 Å². The highest BCUT2D eigenvalue weighted by Gasteiger charge is 2.25. The maximum Gasteiger partial charge on any atom is 0.224 e. The highest BCUT2D eigenvalue weighted by molar-refractivity contribution is 5.85. The van der Waals surface area contributed by atoms with Crippen LogP contribution in [0.25, 0.3) is 0 Å². The van der Waals surface area contributed by atoms with Crippen molar-refractivity contribution in [2.24, 2.45) is 11.8 Å². The summed E-state index contributed by atoms with van der Waals surface area (Å²) in [5.41, 5.74) is 0. The number of amides is 1. The van der Waals surface area contributed by atoms with Crippen LogP contribution in [0, 0.1) is 11.8 Å². The molecule has 1 atom stereocenters. The molecule has 0 aromatic heterocycles. The average Bonchev–Trinajstić information content (AvgIpc) is 2.33. The second-order valence-electron chi connectivity index (χ2n) is 5.51. The SMILES string of the molecule is CC1CCC(NC(=O)[C@@H]2CCCNC2)CC1.Cl. The molecule has 0 aromatic rings. The van der Waals surface area contributed by atoms with Crippen molar-refractivity contribution >= 4 is 18.3 Å². The highest BCUT2D eigenvalue weighted by Crippen LogP contribution is 2.23. The summed E-state index contributed by atoms with van der Waals surface area (Å²) in [4.78, 5) is 12.0. The summed E-state index contributed by atoms with van der Waals surface area (Å²) in [6.07, 6.45) is 7.09. The highest BCUT2D eigenvalue weighted by atomic mass is 35.5. The van der Waals surface area contributed by atoms with Crippen LogP contribution >= 0.6 is 12.4 Å². The first-order valence-electron chi connectivity index (χ1n) is 6.77. The van der Waals surface area contributed by atoms with Gasteiger partial charge >= 0.3 is 0 Å². The smallest absolute Gasteiger partial charge is 0.224 e. The number of rotatable bonds is 2. The predicted molar refractivity (Wildman–Crippen MR) is 72.4 cm³/mol. The lowest BCUT2D eigenvalue weighted by Crippen LogP contribution is -2.45. The minimum absolute atomic E-state index is 0. The molecule has 0 radical (unpaired) electrons. The van der Waals surface area contributed by atoms with Crippen molar-refractivity contribution in [2.45, 2.75) is 51.5 Å². The first kappa shape index (κ1) is 14.8. The molecule has 2 fully saturated rings. The van der Waals surface area contributed by atoms with E-state index >= 15 is 0 Å². The molecule has 0 aromatic carbocycles. The van der Waals surface area contributed by atoms with Gasteiger partial charge in [0, 0.05) is 12.6 Å². The van der Waals surface area contributed by atoms with Gasteiger partial charge in [0.2, 0.25) is 5.91 Å². The fourth-order valence-corrected chi connectivity index (χ4v) is 2.80. The summed E-state index contributed by atoms with van der Waals surface area (Å²) < 4.78 is 0. The van der Waals surface area contributed by atoms with Gasteiger partial charge < -0.3 is 10.6 Å². The fourth-order valence-electron chi connectivity index (χ4n) is 2.80. The Bertz CT molecular complexity index is 234. The van der Waals surface area contributed by atoms with E-state index in [1.165, 1.54) is 25.7 Å². The quantitative estimate of drug-likeness (QED) is 0.799. The molecule has 1 saturated heterocycles. The van der Waals surface area contributed by atoms with E-state index in [1.54, 1.807) is 0 Å². The maximum absolute atomic E-state index is 12.0.